The first kappa shape index (κ1) is 20.6. The van der Waals surface area contributed by atoms with E-state index in [1.165, 1.54) is 6.20 Å². The van der Waals surface area contributed by atoms with Crippen LogP contribution in [0, 0.1) is 0 Å². The Kier molecular flexibility index (Phi) is 5.43. The number of nitrogens with one attached hydrogen (secondary N) is 1. The van der Waals surface area contributed by atoms with Crippen LogP contribution in [0.1, 0.15) is 29.6 Å². The van der Waals surface area contributed by atoms with Crippen molar-refractivity contribution >= 4 is 28.4 Å². The number of hydrogen-bond donors (Lipinski definition) is 2. The van der Waals surface area contributed by atoms with E-state index in [4.69, 9.17) is 0 Å². The SMILES string of the molecule is O=C(c1cncc(-c2cccc(Nc3nc(=O)n(O)c4ncccc34)c2)c1)N1CCCCC1. The van der Waals surface area contributed by atoms with Crippen LogP contribution >= 0.6 is 0 Å². The summed E-state index contributed by atoms with van der Waals surface area (Å²) in [5.74, 6) is 0.295. The van der Waals surface area contributed by atoms with Crippen molar-refractivity contribution < 1.29 is 10.0 Å². The maximum absolute atomic E-state index is 12.9. The third kappa shape index (κ3) is 4.12. The maximum Gasteiger partial charge on any atom is 0.384 e. The minimum Gasteiger partial charge on any atom is -0.422 e. The normalized spacial score (nSPS) is 13.8. The van der Waals surface area contributed by atoms with E-state index in [9.17, 15) is 14.8 Å². The van der Waals surface area contributed by atoms with E-state index in [0.29, 0.717) is 21.4 Å². The zero-order valence-electron chi connectivity index (χ0n) is 17.8. The summed E-state index contributed by atoms with van der Waals surface area (Å²) >= 11 is 0. The second-order valence-corrected chi connectivity index (χ2v) is 7.95. The van der Waals surface area contributed by atoms with Crippen LogP contribution in [0.25, 0.3) is 22.2 Å². The predicted octanol–water partition coefficient (Wildman–Crippen LogP) is 3.46. The highest BCUT2D eigenvalue weighted by molar-refractivity contribution is 5.95. The van der Waals surface area contributed by atoms with E-state index in [1.54, 1.807) is 24.5 Å². The Hall–Kier alpha value is -4.27. The molecule has 4 aromatic rings. The molecule has 0 aliphatic carbocycles. The molecule has 0 unspecified atom stereocenters. The molecule has 33 heavy (non-hydrogen) atoms. The second kappa shape index (κ2) is 8.70. The molecule has 1 fully saturated rings. The number of likely N-dealkylation sites (tertiary alicyclic amines) is 1. The highest BCUT2D eigenvalue weighted by Crippen LogP contribution is 2.27. The molecule has 2 N–H and O–H groups in total. The topological polar surface area (TPSA) is 113 Å². The monoisotopic (exact) mass is 442 g/mol. The van der Waals surface area contributed by atoms with Crippen LogP contribution in [0.2, 0.25) is 0 Å². The molecule has 1 amide bonds. The van der Waals surface area contributed by atoms with Crippen molar-refractivity contribution in [2.75, 3.05) is 18.4 Å². The van der Waals surface area contributed by atoms with Gasteiger partial charge in [0.15, 0.2) is 5.65 Å². The van der Waals surface area contributed by atoms with Crippen molar-refractivity contribution in [2.45, 2.75) is 19.3 Å². The van der Waals surface area contributed by atoms with E-state index >= 15 is 0 Å². The van der Waals surface area contributed by atoms with Crippen molar-refractivity contribution in [1.29, 1.82) is 0 Å². The van der Waals surface area contributed by atoms with Crippen LogP contribution in [0.15, 0.2) is 65.8 Å². The van der Waals surface area contributed by atoms with Crippen molar-refractivity contribution in [3.63, 3.8) is 0 Å². The summed E-state index contributed by atoms with van der Waals surface area (Å²) in [5, 5.41) is 13.6. The Morgan fingerprint density at radius 3 is 2.70 bits per heavy atom. The number of nitrogens with zero attached hydrogens (tertiary/aromatic N) is 5. The van der Waals surface area contributed by atoms with Gasteiger partial charge in [-0.15, -0.1) is 4.73 Å². The summed E-state index contributed by atoms with van der Waals surface area (Å²) in [6.45, 7) is 1.57. The number of amides is 1. The van der Waals surface area contributed by atoms with Crippen molar-refractivity contribution in [2.24, 2.45) is 0 Å². The summed E-state index contributed by atoms with van der Waals surface area (Å²) in [7, 11) is 0. The number of hydrogen-bond acceptors (Lipinski definition) is 7. The second-order valence-electron chi connectivity index (χ2n) is 7.95. The van der Waals surface area contributed by atoms with Gasteiger partial charge in [-0.2, -0.15) is 4.98 Å². The molecule has 1 aromatic carbocycles. The molecule has 9 nitrogen and oxygen atoms in total. The quantitative estimate of drug-likeness (QED) is 0.465. The van der Waals surface area contributed by atoms with Gasteiger partial charge in [-0.1, -0.05) is 12.1 Å². The summed E-state index contributed by atoms with van der Waals surface area (Å²) in [4.78, 5) is 39.1. The van der Waals surface area contributed by atoms with Crippen LogP contribution in [-0.2, 0) is 0 Å². The lowest BCUT2D eigenvalue weighted by Gasteiger charge is -2.26. The summed E-state index contributed by atoms with van der Waals surface area (Å²) in [5.41, 5.74) is 2.22. The van der Waals surface area contributed by atoms with E-state index in [1.807, 2.05) is 35.2 Å². The lowest BCUT2D eigenvalue weighted by atomic mass is 10.0. The summed E-state index contributed by atoms with van der Waals surface area (Å²) in [6.07, 6.45) is 8.04. The molecule has 4 heterocycles. The molecule has 0 saturated carbocycles. The van der Waals surface area contributed by atoms with Gasteiger partial charge in [-0.25, -0.2) is 9.78 Å². The number of anilines is 2. The van der Waals surface area contributed by atoms with Gasteiger partial charge in [0.25, 0.3) is 5.91 Å². The molecule has 0 atom stereocenters. The lowest BCUT2D eigenvalue weighted by Crippen LogP contribution is -2.35. The number of fused-ring (bicyclic) bond motifs is 1. The molecule has 166 valence electrons. The Labute approximate surface area is 189 Å². The molecule has 1 aliphatic heterocycles. The van der Waals surface area contributed by atoms with E-state index < -0.39 is 5.69 Å². The predicted molar refractivity (Wildman–Crippen MR) is 124 cm³/mol. The Bertz CT molecular complexity index is 1390. The van der Waals surface area contributed by atoms with Gasteiger partial charge in [0.05, 0.1) is 10.9 Å². The van der Waals surface area contributed by atoms with Gasteiger partial charge in [0, 0.05) is 42.9 Å². The Morgan fingerprint density at radius 1 is 1.00 bits per heavy atom. The Balaban J connectivity index is 1.45. The molecule has 1 saturated heterocycles. The number of rotatable bonds is 4. The highest BCUT2D eigenvalue weighted by Gasteiger charge is 2.19. The van der Waals surface area contributed by atoms with E-state index in [-0.39, 0.29) is 17.4 Å². The molecular weight excluding hydrogens is 420 g/mol. The zero-order chi connectivity index (χ0) is 22.8. The summed E-state index contributed by atoms with van der Waals surface area (Å²) in [6, 6.07) is 12.8. The number of aromatic nitrogens is 4. The maximum atomic E-state index is 12.9. The number of carbonyl (C=O) groups excluding carboxylic acids is 1. The van der Waals surface area contributed by atoms with Crippen LogP contribution in [-0.4, -0.2) is 48.8 Å². The van der Waals surface area contributed by atoms with Crippen molar-refractivity contribution in [3.8, 4) is 11.1 Å². The van der Waals surface area contributed by atoms with Crippen LogP contribution in [0.5, 0.6) is 0 Å². The highest BCUT2D eigenvalue weighted by atomic mass is 16.5. The molecule has 5 rings (SSSR count). The number of pyridine rings is 2. The number of carbonyl (C=O) groups is 1. The first-order chi connectivity index (χ1) is 16.1. The number of piperidine rings is 1. The van der Waals surface area contributed by atoms with Gasteiger partial charge in [0.2, 0.25) is 0 Å². The van der Waals surface area contributed by atoms with Crippen LogP contribution in [0.3, 0.4) is 0 Å². The molecule has 0 radical (unpaired) electrons. The first-order valence-corrected chi connectivity index (χ1v) is 10.8. The number of benzene rings is 1. The van der Waals surface area contributed by atoms with Gasteiger partial charge in [0.1, 0.15) is 5.82 Å². The Morgan fingerprint density at radius 2 is 1.85 bits per heavy atom. The minimum atomic E-state index is -0.826. The molecular formula is C24H22N6O3. The van der Waals surface area contributed by atoms with E-state index in [0.717, 1.165) is 43.5 Å². The molecule has 0 spiro atoms. The van der Waals surface area contributed by atoms with Crippen molar-refractivity contribution in [3.05, 3.63) is 77.1 Å². The van der Waals surface area contributed by atoms with Crippen molar-refractivity contribution in [1.82, 2.24) is 24.6 Å². The zero-order valence-corrected chi connectivity index (χ0v) is 17.8. The molecule has 0 bridgehead atoms. The molecule has 1 aliphatic rings. The molecule has 3 aromatic heterocycles. The first-order valence-electron chi connectivity index (χ1n) is 10.8. The van der Waals surface area contributed by atoms with Gasteiger partial charge >= 0.3 is 5.69 Å². The fourth-order valence-electron chi connectivity index (χ4n) is 4.05. The third-order valence-electron chi connectivity index (χ3n) is 5.72. The fraction of sp³-hybridized carbons (Fsp3) is 0.208. The van der Waals surface area contributed by atoms with Gasteiger partial charge in [-0.3, -0.25) is 9.78 Å². The average molecular weight is 442 g/mol. The van der Waals surface area contributed by atoms with Gasteiger partial charge < -0.3 is 15.4 Å². The fourth-order valence-corrected chi connectivity index (χ4v) is 4.05. The largest absolute Gasteiger partial charge is 0.422 e. The van der Waals surface area contributed by atoms with Gasteiger partial charge in [-0.05, 0) is 55.2 Å². The van der Waals surface area contributed by atoms with Crippen LogP contribution in [0.4, 0.5) is 11.5 Å². The summed E-state index contributed by atoms with van der Waals surface area (Å²) < 4.78 is 0.424. The van der Waals surface area contributed by atoms with Crippen LogP contribution < -0.4 is 11.0 Å². The lowest BCUT2D eigenvalue weighted by molar-refractivity contribution is 0.0724. The minimum absolute atomic E-state index is 0.00562. The molecule has 9 heteroatoms. The standard InChI is InChI=1S/C24H22N6O3/c31-23(29-10-2-1-3-11-29)18-12-17(14-25-15-18)16-6-4-7-19(13-16)27-21-20-8-5-9-26-22(20)30(33)24(32)28-21/h4-9,12-15,33H,1-3,10-11H2,(H,27,28,32). The van der Waals surface area contributed by atoms with E-state index in [2.05, 4.69) is 20.3 Å². The third-order valence-corrected chi connectivity index (χ3v) is 5.72. The smallest absolute Gasteiger partial charge is 0.384 e. The average Bonchev–Trinajstić information content (AvgIpc) is 2.87.